The summed E-state index contributed by atoms with van der Waals surface area (Å²) in [4.78, 5) is 8.32. The smallest absolute Gasteiger partial charge is 0.265 e. The zero-order valence-corrected chi connectivity index (χ0v) is 10.5. The minimum Gasteiger partial charge on any atom is -0.436 e. The van der Waals surface area contributed by atoms with E-state index in [4.69, 9.17) is 4.74 Å². The second kappa shape index (κ2) is 4.76. The number of rotatable bonds is 3. The monoisotopic (exact) mass is 276 g/mol. The van der Waals surface area contributed by atoms with Gasteiger partial charge < -0.3 is 10.1 Å². The van der Waals surface area contributed by atoms with Gasteiger partial charge in [-0.1, -0.05) is 0 Å². The Kier molecular flexibility index (Phi) is 2.94. The maximum Gasteiger partial charge on any atom is 0.265 e. The third kappa shape index (κ3) is 2.13. The van der Waals surface area contributed by atoms with Crippen LogP contribution in [0.5, 0.6) is 11.6 Å². The van der Waals surface area contributed by atoms with E-state index in [1.54, 1.807) is 30.0 Å². The van der Waals surface area contributed by atoms with Gasteiger partial charge in [-0.05, 0) is 12.1 Å². The molecule has 0 atom stereocenters. The van der Waals surface area contributed by atoms with E-state index in [-0.39, 0.29) is 11.6 Å². The topological polar surface area (TPSA) is 51.5 Å². The fourth-order valence-corrected chi connectivity index (χ4v) is 1.74. The molecule has 0 aliphatic heterocycles. The van der Waals surface area contributed by atoms with Crippen molar-refractivity contribution in [1.29, 1.82) is 0 Å². The van der Waals surface area contributed by atoms with Crippen LogP contribution in [0.3, 0.4) is 0 Å². The second-order valence-corrected chi connectivity index (χ2v) is 4.02. The molecular weight excluding hydrogens is 266 g/mol. The van der Waals surface area contributed by atoms with Gasteiger partial charge in [0.2, 0.25) is 5.65 Å². The largest absolute Gasteiger partial charge is 0.436 e. The highest BCUT2D eigenvalue weighted by molar-refractivity contribution is 5.54. The van der Waals surface area contributed by atoms with Crippen molar-refractivity contribution in [3.8, 4) is 11.6 Å². The molecule has 0 spiro atoms. The first kappa shape index (κ1) is 12.3. The Morgan fingerprint density at radius 2 is 2.10 bits per heavy atom. The number of halogens is 2. The van der Waals surface area contributed by atoms with E-state index in [1.807, 2.05) is 0 Å². The Hall–Kier alpha value is -2.70. The van der Waals surface area contributed by atoms with E-state index in [0.717, 1.165) is 12.1 Å². The molecule has 0 aliphatic rings. The molecule has 0 saturated heterocycles. The minimum atomic E-state index is -0.980. The van der Waals surface area contributed by atoms with Gasteiger partial charge >= 0.3 is 0 Å². The Morgan fingerprint density at radius 1 is 1.25 bits per heavy atom. The van der Waals surface area contributed by atoms with Crippen LogP contribution in [0.25, 0.3) is 5.65 Å². The Balaban J connectivity index is 2.04. The molecule has 3 rings (SSSR count). The minimum absolute atomic E-state index is 0.148. The molecule has 2 aromatic heterocycles. The summed E-state index contributed by atoms with van der Waals surface area (Å²) in [6.07, 6.45) is 5.06. The van der Waals surface area contributed by atoms with E-state index in [9.17, 15) is 8.78 Å². The SMILES string of the molecule is CNc1cn2ccnc2c(Oc2ccc(F)c(F)c2)n1. The predicted molar refractivity (Wildman–Crippen MR) is 69.0 cm³/mol. The molecule has 0 unspecified atom stereocenters. The molecule has 3 aromatic rings. The van der Waals surface area contributed by atoms with Crippen LogP contribution in [0.4, 0.5) is 14.6 Å². The van der Waals surface area contributed by atoms with Crippen molar-refractivity contribution in [2.24, 2.45) is 0 Å². The molecule has 0 radical (unpaired) electrons. The summed E-state index contributed by atoms with van der Waals surface area (Å²) >= 11 is 0. The van der Waals surface area contributed by atoms with Gasteiger partial charge in [0.25, 0.3) is 5.88 Å². The third-order valence-electron chi connectivity index (χ3n) is 2.71. The van der Waals surface area contributed by atoms with Crippen LogP contribution in [0.2, 0.25) is 0 Å². The molecule has 1 N–H and O–H groups in total. The molecular formula is C13H10F2N4O. The normalized spacial score (nSPS) is 10.8. The summed E-state index contributed by atoms with van der Waals surface area (Å²) in [6, 6.07) is 3.28. The van der Waals surface area contributed by atoms with Crippen LogP contribution < -0.4 is 10.1 Å². The number of aromatic nitrogens is 3. The molecule has 2 heterocycles. The lowest BCUT2D eigenvalue weighted by atomic mass is 10.3. The number of fused-ring (bicyclic) bond motifs is 1. The standard InChI is InChI=1S/C13H10F2N4O/c1-16-11-7-19-5-4-17-12(19)13(18-11)20-8-2-3-9(14)10(15)6-8/h2-7,16H,1H3. The number of nitrogens with one attached hydrogen (secondary N) is 1. The summed E-state index contributed by atoms with van der Waals surface area (Å²) in [6.45, 7) is 0. The number of hydrogen-bond donors (Lipinski definition) is 1. The quantitative estimate of drug-likeness (QED) is 0.799. The zero-order chi connectivity index (χ0) is 14.1. The molecule has 7 heteroatoms. The van der Waals surface area contributed by atoms with Crippen molar-refractivity contribution < 1.29 is 13.5 Å². The van der Waals surface area contributed by atoms with E-state index in [2.05, 4.69) is 15.3 Å². The number of ether oxygens (including phenoxy) is 1. The van der Waals surface area contributed by atoms with Crippen LogP contribution >= 0.6 is 0 Å². The average Bonchev–Trinajstić information content (AvgIpc) is 2.91. The summed E-state index contributed by atoms with van der Waals surface area (Å²) < 4.78 is 33.3. The molecule has 1 aromatic carbocycles. The van der Waals surface area contributed by atoms with Crippen LogP contribution in [-0.4, -0.2) is 21.4 Å². The average molecular weight is 276 g/mol. The molecule has 102 valence electrons. The molecule has 20 heavy (non-hydrogen) atoms. The van der Waals surface area contributed by atoms with Crippen molar-refractivity contribution in [1.82, 2.24) is 14.4 Å². The fourth-order valence-electron chi connectivity index (χ4n) is 1.74. The Labute approximate surface area is 112 Å². The van der Waals surface area contributed by atoms with Gasteiger partial charge in [-0.15, -0.1) is 0 Å². The second-order valence-electron chi connectivity index (χ2n) is 4.02. The Morgan fingerprint density at radius 3 is 2.85 bits per heavy atom. The maximum absolute atomic E-state index is 13.2. The first-order valence-electron chi connectivity index (χ1n) is 5.82. The maximum atomic E-state index is 13.2. The van der Waals surface area contributed by atoms with Gasteiger partial charge in [0, 0.05) is 25.5 Å². The van der Waals surface area contributed by atoms with Crippen LogP contribution in [0.15, 0.2) is 36.8 Å². The first-order chi connectivity index (χ1) is 9.67. The first-order valence-corrected chi connectivity index (χ1v) is 5.82. The highest BCUT2D eigenvalue weighted by Gasteiger charge is 2.11. The highest BCUT2D eigenvalue weighted by atomic mass is 19.2. The highest BCUT2D eigenvalue weighted by Crippen LogP contribution is 2.26. The van der Waals surface area contributed by atoms with Gasteiger partial charge in [-0.3, -0.25) is 4.40 Å². The van der Waals surface area contributed by atoms with E-state index >= 15 is 0 Å². The number of benzene rings is 1. The van der Waals surface area contributed by atoms with Crippen LogP contribution in [0.1, 0.15) is 0 Å². The summed E-state index contributed by atoms with van der Waals surface area (Å²) in [7, 11) is 1.71. The lowest BCUT2D eigenvalue weighted by molar-refractivity contribution is 0.450. The van der Waals surface area contributed by atoms with E-state index in [0.29, 0.717) is 11.5 Å². The Bertz CT molecular complexity index is 772. The van der Waals surface area contributed by atoms with Crippen molar-refractivity contribution in [3.63, 3.8) is 0 Å². The van der Waals surface area contributed by atoms with Crippen LogP contribution in [0, 0.1) is 11.6 Å². The number of imidazole rings is 1. The summed E-state index contributed by atoms with van der Waals surface area (Å²) in [5, 5.41) is 2.88. The molecule has 0 fully saturated rings. The van der Waals surface area contributed by atoms with Crippen molar-refractivity contribution in [2.75, 3.05) is 12.4 Å². The number of nitrogens with zero attached hydrogens (tertiary/aromatic N) is 3. The predicted octanol–water partition coefficient (Wildman–Crippen LogP) is 2.84. The van der Waals surface area contributed by atoms with Crippen molar-refractivity contribution >= 4 is 11.5 Å². The fraction of sp³-hybridized carbons (Fsp3) is 0.0769. The van der Waals surface area contributed by atoms with E-state index < -0.39 is 11.6 Å². The molecule has 0 bridgehead atoms. The van der Waals surface area contributed by atoms with E-state index in [1.165, 1.54) is 6.07 Å². The zero-order valence-electron chi connectivity index (χ0n) is 10.5. The van der Waals surface area contributed by atoms with Crippen molar-refractivity contribution in [3.05, 3.63) is 48.4 Å². The third-order valence-corrected chi connectivity index (χ3v) is 2.71. The molecule has 0 amide bonds. The lowest BCUT2D eigenvalue weighted by Gasteiger charge is -2.08. The van der Waals surface area contributed by atoms with Gasteiger partial charge in [-0.2, -0.15) is 4.98 Å². The van der Waals surface area contributed by atoms with Crippen molar-refractivity contribution in [2.45, 2.75) is 0 Å². The summed E-state index contributed by atoms with van der Waals surface area (Å²) in [5.41, 5.74) is 0.480. The molecule has 0 saturated carbocycles. The van der Waals surface area contributed by atoms with Gasteiger partial charge in [0.1, 0.15) is 11.6 Å². The number of hydrogen-bond acceptors (Lipinski definition) is 4. The molecule has 5 nitrogen and oxygen atoms in total. The lowest BCUT2D eigenvalue weighted by Crippen LogP contribution is -2.00. The van der Waals surface area contributed by atoms with Gasteiger partial charge in [-0.25, -0.2) is 13.8 Å². The van der Waals surface area contributed by atoms with Gasteiger partial charge in [0.05, 0.1) is 6.20 Å². The van der Waals surface area contributed by atoms with Gasteiger partial charge in [0.15, 0.2) is 11.6 Å². The number of anilines is 1. The molecule has 0 aliphatic carbocycles. The van der Waals surface area contributed by atoms with Crippen LogP contribution in [-0.2, 0) is 0 Å². The summed E-state index contributed by atoms with van der Waals surface area (Å²) in [5.74, 6) is -0.998.